The summed E-state index contributed by atoms with van der Waals surface area (Å²) < 4.78 is 0. The van der Waals surface area contributed by atoms with Crippen LogP contribution in [0.3, 0.4) is 0 Å². The molecule has 0 radical (unpaired) electrons. The lowest BCUT2D eigenvalue weighted by Crippen LogP contribution is -2.41. The number of aliphatic hydroxyl groups excluding tert-OH is 1. The molecule has 0 aromatic heterocycles. The van der Waals surface area contributed by atoms with Gasteiger partial charge in [0.05, 0.1) is 6.10 Å². The molecular formula is C17H24N2O3. The molecule has 5 heteroatoms. The van der Waals surface area contributed by atoms with Crippen LogP contribution in [0.15, 0.2) is 18.2 Å². The first-order valence-corrected chi connectivity index (χ1v) is 7.82. The zero-order valence-corrected chi connectivity index (χ0v) is 13.2. The molecule has 3 N–H and O–H groups in total. The molecule has 1 aromatic carbocycles. The third kappa shape index (κ3) is 4.07. The van der Waals surface area contributed by atoms with E-state index in [1.165, 1.54) is 0 Å². The summed E-state index contributed by atoms with van der Waals surface area (Å²) >= 11 is 0. The van der Waals surface area contributed by atoms with Crippen LogP contribution >= 0.6 is 0 Å². The predicted octanol–water partition coefficient (Wildman–Crippen LogP) is 1.91. The number of benzene rings is 1. The van der Waals surface area contributed by atoms with Crippen LogP contribution in [-0.4, -0.2) is 29.6 Å². The lowest BCUT2D eigenvalue weighted by molar-refractivity contribution is -0.136. The molecule has 2 rings (SSSR count). The van der Waals surface area contributed by atoms with Gasteiger partial charge in [-0.3, -0.25) is 9.59 Å². The molecule has 1 aliphatic rings. The molecule has 2 amide bonds. The summed E-state index contributed by atoms with van der Waals surface area (Å²) in [5, 5.41) is 15.1. The molecule has 22 heavy (non-hydrogen) atoms. The number of amides is 2. The van der Waals surface area contributed by atoms with Gasteiger partial charge >= 0.3 is 11.8 Å². The Labute approximate surface area is 131 Å². The van der Waals surface area contributed by atoms with Gasteiger partial charge in [0.2, 0.25) is 0 Å². The quantitative estimate of drug-likeness (QED) is 0.746. The van der Waals surface area contributed by atoms with Crippen LogP contribution in [0.4, 0.5) is 5.69 Å². The number of carbonyl (C=O) groups excluding carboxylic acids is 2. The maximum Gasteiger partial charge on any atom is 0.313 e. The van der Waals surface area contributed by atoms with Gasteiger partial charge in [-0.05, 0) is 43.9 Å². The molecule has 1 saturated carbocycles. The number of aryl methyl sites for hydroxylation is 1. The van der Waals surface area contributed by atoms with E-state index < -0.39 is 11.8 Å². The topological polar surface area (TPSA) is 78.4 Å². The summed E-state index contributed by atoms with van der Waals surface area (Å²) in [7, 11) is 0. The molecular weight excluding hydrogens is 280 g/mol. The normalized spacial score (nSPS) is 21.2. The smallest absolute Gasteiger partial charge is 0.313 e. The molecule has 1 aromatic rings. The van der Waals surface area contributed by atoms with Crippen molar-refractivity contribution in [3.05, 3.63) is 29.3 Å². The van der Waals surface area contributed by atoms with Crippen molar-refractivity contribution in [1.82, 2.24) is 5.32 Å². The largest absolute Gasteiger partial charge is 0.393 e. The van der Waals surface area contributed by atoms with Crippen molar-refractivity contribution in [2.45, 2.75) is 45.6 Å². The molecule has 1 fully saturated rings. The van der Waals surface area contributed by atoms with E-state index in [1.54, 1.807) is 6.07 Å². The maximum absolute atomic E-state index is 11.9. The lowest BCUT2D eigenvalue weighted by Gasteiger charge is -2.27. The van der Waals surface area contributed by atoms with Crippen LogP contribution in [0.2, 0.25) is 0 Å². The van der Waals surface area contributed by atoms with Crippen LogP contribution in [0.1, 0.15) is 36.8 Å². The van der Waals surface area contributed by atoms with Gasteiger partial charge in [0.25, 0.3) is 0 Å². The van der Waals surface area contributed by atoms with Crippen LogP contribution in [-0.2, 0) is 9.59 Å². The molecule has 0 aliphatic heterocycles. The Hall–Kier alpha value is -1.88. The van der Waals surface area contributed by atoms with Crippen molar-refractivity contribution in [3.63, 3.8) is 0 Å². The molecule has 0 saturated heterocycles. The number of carbonyl (C=O) groups is 2. The van der Waals surface area contributed by atoms with Crippen LogP contribution in [0.5, 0.6) is 0 Å². The molecule has 2 atom stereocenters. The predicted molar refractivity (Wildman–Crippen MR) is 85.5 cm³/mol. The Morgan fingerprint density at radius 2 is 1.91 bits per heavy atom. The Morgan fingerprint density at radius 1 is 1.18 bits per heavy atom. The minimum absolute atomic E-state index is 0.0474. The zero-order chi connectivity index (χ0) is 16.1. The lowest BCUT2D eigenvalue weighted by atomic mass is 9.86. The highest BCUT2D eigenvalue weighted by Gasteiger charge is 2.24. The van der Waals surface area contributed by atoms with E-state index in [2.05, 4.69) is 10.6 Å². The average Bonchev–Trinajstić information content (AvgIpc) is 2.50. The average molecular weight is 304 g/mol. The van der Waals surface area contributed by atoms with E-state index in [-0.39, 0.29) is 12.0 Å². The van der Waals surface area contributed by atoms with E-state index in [4.69, 9.17) is 0 Å². The van der Waals surface area contributed by atoms with Crippen molar-refractivity contribution in [2.24, 2.45) is 5.92 Å². The second-order valence-corrected chi connectivity index (χ2v) is 6.02. The van der Waals surface area contributed by atoms with Gasteiger partial charge in [-0.1, -0.05) is 25.0 Å². The number of hydrogen-bond acceptors (Lipinski definition) is 3. The first-order chi connectivity index (χ1) is 10.5. The van der Waals surface area contributed by atoms with Crippen molar-refractivity contribution in [3.8, 4) is 0 Å². The van der Waals surface area contributed by atoms with Gasteiger partial charge in [0.15, 0.2) is 0 Å². The van der Waals surface area contributed by atoms with Gasteiger partial charge in [-0.15, -0.1) is 0 Å². The van der Waals surface area contributed by atoms with Gasteiger partial charge in [0.1, 0.15) is 0 Å². The van der Waals surface area contributed by atoms with Gasteiger partial charge in [0, 0.05) is 18.2 Å². The Morgan fingerprint density at radius 3 is 2.64 bits per heavy atom. The second kappa shape index (κ2) is 7.40. The third-order valence-electron chi connectivity index (χ3n) is 4.45. The Bertz CT molecular complexity index is 557. The van der Waals surface area contributed by atoms with Crippen molar-refractivity contribution in [1.29, 1.82) is 0 Å². The van der Waals surface area contributed by atoms with E-state index in [0.29, 0.717) is 12.2 Å². The summed E-state index contributed by atoms with van der Waals surface area (Å²) in [6.07, 6.45) is 3.37. The Kier molecular flexibility index (Phi) is 5.55. The van der Waals surface area contributed by atoms with Gasteiger partial charge in [-0.2, -0.15) is 0 Å². The fraction of sp³-hybridized carbons (Fsp3) is 0.529. The summed E-state index contributed by atoms with van der Waals surface area (Å²) in [5.74, 6) is -1.27. The minimum atomic E-state index is -0.668. The van der Waals surface area contributed by atoms with Crippen molar-refractivity contribution in [2.75, 3.05) is 11.9 Å². The standard InChI is InChI=1S/C17H24N2O3/c1-11-6-5-8-14(12(11)2)19-17(22)16(21)18-10-13-7-3-4-9-15(13)20/h5-6,8,13,15,20H,3-4,7,9-10H2,1-2H3,(H,18,21)(H,19,22)/t13-,15+/m1/s1. The number of aliphatic hydroxyl groups is 1. The van der Waals surface area contributed by atoms with Crippen LogP contribution < -0.4 is 10.6 Å². The van der Waals surface area contributed by atoms with E-state index in [0.717, 1.165) is 36.8 Å². The monoisotopic (exact) mass is 304 g/mol. The molecule has 0 bridgehead atoms. The summed E-state index contributed by atoms with van der Waals surface area (Å²) in [5.41, 5.74) is 2.66. The minimum Gasteiger partial charge on any atom is -0.393 e. The molecule has 5 nitrogen and oxygen atoms in total. The first kappa shape index (κ1) is 16.5. The number of hydrogen-bond donors (Lipinski definition) is 3. The van der Waals surface area contributed by atoms with E-state index >= 15 is 0 Å². The van der Waals surface area contributed by atoms with E-state index in [1.807, 2.05) is 26.0 Å². The summed E-state index contributed by atoms with van der Waals surface area (Å²) in [6.45, 7) is 4.21. The van der Waals surface area contributed by atoms with Gasteiger partial charge < -0.3 is 15.7 Å². The number of anilines is 1. The zero-order valence-electron chi connectivity index (χ0n) is 13.2. The van der Waals surface area contributed by atoms with Gasteiger partial charge in [-0.25, -0.2) is 0 Å². The van der Waals surface area contributed by atoms with E-state index in [9.17, 15) is 14.7 Å². The maximum atomic E-state index is 11.9. The summed E-state index contributed by atoms with van der Waals surface area (Å²) in [4.78, 5) is 23.8. The fourth-order valence-corrected chi connectivity index (χ4v) is 2.80. The molecule has 0 unspecified atom stereocenters. The first-order valence-electron chi connectivity index (χ1n) is 7.82. The second-order valence-electron chi connectivity index (χ2n) is 6.02. The molecule has 0 spiro atoms. The van der Waals surface area contributed by atoms with Crippen LogP contribution in [0, 0.1) is 19.8 Å². The molecule has 120 valence electrons. The molecule has 0 heterocycles. The Balaban J connectivity index is 1.87. The van der Waals surface area contributed by atoms with Crippen LogP contribution in [0.25, 0.3) is 0 Å². The van der Waals surface area contributed by atoms with Crippen molar-refractivity contribution >= 4 is 17.5 Å². The fourth-order valence-electron chi connectivity index (χ4n) is 2.80. The SMILES string of the molecule is Cc1cccc(NC(=O)C(=O)NC[C@H]2CCCC[C@@H]2O)c1C. The highest BCUT2D eigenvalue weighted by Crippen LogP contribution is 2.23. The molecule has 1 aliphatic carbocycles. The highest BCUT2D eigenvalue weighted by molar-refractivity contribution is 6.39. The summed E-state index contributed by atoms with van der Waals surface area (Å²) in [6, 6.07) is 5.57. The number of nitrogens with one attached hydrogen (secondary N) is 2. The van der Waals surface area contributed by atoms with Crippen molar-refractivity contribution < 1.29 is 14.7 Å². The highest BCUT2D eigenvalue weighted by atomic mass is 16.3. The number of rotatable bonds is 3. The third-order valence-corrected chi connectivity index (χ3v) is 4.45.